The summed E-state index contributed by atoms with van der Waals surface area (Å²) in [6, 6.07) is 8.63. The highest BCUT2D eigenvalue weighted by atomic mass is 16.7. The molecule has 2 nitrogen and oxygen atoms in total. The first-order chi connectivity index (χ1) is 6.26. The predicted octanol–water partition coefficient (Wildman–Crippen LogP) is 2.24. The molecule has 1 aromatic rings. The normalized spacial score (nSPS) is 10.8. The Kier molecular flexibility index (Phi) is 3.93. The fourth-order valence-corrected chi connectivity index (χ4v) is 1.20. The Labute approximate surface area is 80.1 Å². The standard InChI is InChI=1S/C11H17NO/c1-4-10-5-7-11(8-6-10)9-12(2)13-3/h5-8H,4,9H2,1-3H3. The molecule has 1 rings (SSSR count). The van der Waals surface area contributed by atoms with Crippen LogP contribution in [0.1, 0.15) is 18.1 Å². The Hall–Kier alpha value is -0.860. The van der Waals surface area contributed by atoms with Crippen LogP contribution in [-0.4, -0.2) is 19.2 Å². The average Bonchev–Trinajstić information content (AvgIpc) is 2.19. The van der Waals surface area contributed by atoms with E-state index in [0.717, 1.165) is 13.0 Å². The molecule has 0 N–H and O–H groups in total. The Morgan fingerprint density at radius 2 is 1.69 bits per heavy atom. The van der Waals surface area contributed by atoms with Gasteiger partial charge in [0.15, 0.2) is 0 Å². The molecular weight excluding hydrogens is 162 g/mol. The van der Waals surface area contributed by atoms with E-state index in [1.54, 1.807) is 12.2 Å². The summed E-state index contributed by atoms with van der Waals surface area (Å²) < 4.78 is 0. The fraction of sp³-hybridized carbons (Fsp3) is 0.455. The van der Waals surface area contributed by atoms with Crippen LogP contribution in [0.2, 0.25) is 0 Å². The zero-order chi connectivity index (χ0) is 9.68. The summed E-state index contributed by atoms with van der Waals surface area (Å²) in [7, 11) is 3.61. The van der Waals surface area contributed by atoms with Crippen molar-refractivity contribution >= 4 is 0 Å². The lowest BCUT2D eigenvalue weighted by Gasteiger charge is -2.13. The third-order valence-electron chi connectivity index (χ3n) is 2.15. The highest BCUT2D eigenvalue weighted by Crippen LogP contribution is 2.06. The van der Waals surface area contributed by atoms with E-state index in [1.165, 1.54) is 11.1 Å². The molecule has 0 aliphatic rings. The molecule has 0 unspecified atom stereocenters. The van der Waals surface area contributed by atoms with Gasteiger partial charge in [-0.15, -0.1) is 0 Å². The number of benzene rings is 1. The molecule has 0 saturated heterocycles. The van der Waals surface area contributed by atoms with Gasteiger partial charge in [0.1, 0.15) is 0 Å². The average molecular weight is 179 g/mol. The van der Waals surface area contributed by atoms with Crippen molar-refractivity contribution in [3.63, 3.8) is 0 Å². The predicted molar refractivity (Wildman–Crippen MR) is 54.3 cm³/mol. The molecule has 13 heavy (non-hydrogen) atoms. The van der Waals surface area contributed by atoms with E-state index in [1.807, 2.05) is 7.05 Å². The molecule has 0 spiro atoms. The third-order valence-corrected chi connectivity index (χ3v) is 2.15. The van der Waals surface area contributed by atoms with Gasteiger partial charge in [-0.2, -0.15) is 5.06 Å². The summed E-state index contributed by atoms with van der Waals surface area (Å²) >= 11 is 0. The first-order valence-electron chi connectivity index (χ1n) is 4.59. The first kappa shape index (κ1) is 10.2. The van der Waals surface area contributed by atoms with Gasteiger partial charge in [0, 0.05) is 13.6 Å². The molecule has 0 aliphatic carbocycles. The molecular formula is C11H17NO. The van der Waals surface area contributed by atoms with Crippen molar-refractivity contribution in [3.8, 4) is 0 Å². The molecule has 2 heteroatoms. The second-order valence-electron chi connectivity index (χ2n) is 3.14. The summed E-state index contributed by atoms with van der Waals surface area (Å²) in [6.45, 7) is 3.00. The van der Waals surface area contributed by atoms with Crippen molar-refractivity contribution in [2.75, 3.05) is 14.2 Å². The van der Waals surface area contributed by atoms with Gasteiger partial charge in [-0.3, -0.25) is 0 Å². The number of nitrogens with zero attached hydrogens (tertiary/aromatic N) is 1. The van der Waals surface area contributed by atoms with Gasteiger partial charge in [0.2, 0.25) is 0 Å². The smallest absolute Gasteiger partial charge is 0.0575 e. The van der Waals surface area contributed by atoms with Gasteiger partial charge in [-0.25, -0.2) is 0 Å². The van der Waals surface area contributed by atoms with Crippen LogP contribution < -0.4 is 0 Å². The molecule has 0 aromatic heterocycles. The summed E-state index contributed by atoms with van der Waals surface area (Å²) in [5.74, 6) is 0. The number of aryl methyl sites for hydroxylation is 1. The van der Waals surface area contributed by atoms with Crippen LogP contribution in [0.4, 0.5) is 0 Å². The van der Waals surface area contributed by atoms with E-state index >= 15 is 0 Å². The van der Waals surface area contributed by atoms with Crippen molar-refractivity contribution in [3.05, 3.63) is 35.4 Å². The minimum atomic E-state index is 0.834. The molecule has 0 fully saturated rings. The van der Waals surface area contributed by atoms with Crippen LogP contribution in [0.3, 0.4) is 0 Å². The van der Waals surface area contributed by atoms with Crippen LogP contribution in [0.5, 0.6) is 0 Å². The van der Waals surface area contributed by atoms with E-state index < -0.39 is 0 Å². The monoisotopic (exact) mass is 179 g/mol. The van der Waals surface area contributed by atoms with Crippen molar-refractivity contribution in [1.29, 1.82) is 0 Å². The Balaban J connectivity index is 2.58. The quantitative estimate of drug-likeness (QED) is 0.657. The van der Waals surface area contributed by atoms with Crippen LogP contribution in [0.25, 0.3) is 0 Å². The number of hydrogen-bond acceptors (Lipinski definition) is 2. The minimum Gasteiger partial charge on any atom is -0.302 e. The Morgan fingerprint density at radius 1 is 1.15 bits per heavy atom. The Bertz CT molecular complexity index is 243. The summed E-state index contributed by atoms with van der Waals surface area (Å²) in [5, 5.41) is 1.81. The van der Waals surface area contributed by atoms with Crippen molar-refractivity contribution in [2.45, 2.75) is 19.9 Å². The van der Waals surface area contributed by atoms with E-state index in [-0.39, 0.29) is 0 Å². The van der Waals surface area contributed by atoms with Crippen LogP contribution in [0, 0.1) is 0 Å². The molecule has 1 aromatic carbocycles. The first-order valence-corrected chi connectivity index (χ1v) is 4.59. The fourth-order valence-electron chi connectivity index (χ4n) is 1.20. The summed E-state index contributed by atoms with van der Waals surface area (Å²) in [5.41, 5.74) is 2.66. The van der Waals surface area contributed by atoms with Gasteiger partial charge >= 0.3 is 0 Å². The summed E-state index contributed by atoms with van der Waals surface area (Å²) in [6.07, 6.45) is 1.10. The maximum atomic E-state index is 5.04. The highest BCUT2D eigenvalue weighted by Gasteiger charge is 1.97. The largest absolute Gasteiger partial charge is 0.302 e. The van der Waals surface area contributed by atoms with Crippen molar-refractivity contribution in [2.24, 2.45) is 0 Å². The van der Waals surface area contributed by atoms with Crippen LogP contribution in [0.15, 0.2) is 24.3 Å². The molecule has 0 atom stereocenters. The van der Waals surface area contributed by atoms with E-state index in [9.17, 15) is 0 Å². The lowest BCUT2D eigenvalue weighted by atomic mass is 10.1. The van der Waals surface area contributed by atoms with Gasteiger partial charge in [0.25, 0.3) is 0 Å². The molecule has 0 radical (unpaired) electrons. The van der Waals surface area contributed by atoms with Gasteiger partial charge in [-0.05, 0) is 17.5 Å². The van der Waals surface area contributed by atoms with Crippen molar-refractivity contribution < 1.29 is 4.84 Å². The second kappa shape index (κ2) is 5.00. The maximum Gasteiger partial charge on any atom is 0.0575 e. The van der Waals surface area contributed by atoms with Gasteiger partial charge in [0.05, 0.1) is 7.11 Å². The van der Waals surface area contributed by atoms with E-state index in [2.05, 4.69) is 31.2 Å². The second-order valence-corrected chi connectivity index (χ2v) is 3.14. The lowest BCUT2D eigenvalue weighted by molar-refractivity contribution is -0.116. The summed E-state index contributed by atoms with van der Waals surface area (Å²) in [4.78, 5) is 5.04. The molecule has 0 bridgehead atoms. The number of hydrogen-bond donors (Lipinski definition) is 0. The molecule has 0 amide bonds. The molecule has 72 valence electrons. The minimum absolute atomic E-state index is 0.834. The Morgan fingerprint density at radius 3 is 2.15 bits per heavy atom. The third kappa shape index (κ3) is 3.17. The van der Waals surface area contributed by atoms with Gasteiger partial charge in [-0.1, -0.05) is 31.2 Å². The molecule has 0 saturated carbocycles. The van der Waals surface area contributed by atoms with Crippen LogP contribution in [-0.2, 0) is 17.8 Å². The molecule has 0 aliphatic heterocycles. The van der Waals surface area contributed by atoms with Crippen molar-refractivity contribution in [1.82, 2.24) is 5.06 Å². The van der Waals surface area contributed by atoms with E-state index in [4.69, 9.17) is 4.84 Å². The SMILES string of the molecule is CCc1ccc(CN(C)OC)cc1. The maximum absolute atomic E-state index is 5.04. The zero-order valence-corrected chi connectivity index (χ0v) is 8.58. The van der Waals surface area contributed by atoms with Crippen LogP contribution >= 0.6 is 0 Å². The zero-order valence-electron chi connectivity index (χ0n) is 8.58. The topological polar surface area (TPSA) is 12.5 Å². The van der Waals surface area contributed by atoms with Gasteiger partial charge < -0.3 is 4.84 Å². The lowest BCUT2D eigenvalue weighted by Crippen LogP contribution is -2.15. The van der Waals surface area contributed by atoms with E-state index in [0.29, 0.717) is 0 Å². The molecule has 0 heterocycles. The highest BCUT2D eigenvalue weighted by molar-refractivity contribution is 5.22. The number of hydroxylamine groups is 2. The number of rotatable bonds is 4.